The SMILES string of the molecule is COc1cc(C(F)(F)F)cc(SC)c1NCCC[C@@H]1CCCOC1.OC1CCNC1. The second kappa shape index (κ2) is 12.6. The molecule has 2 fully saturated rings. The third-order valence-electron chi connectivity index (χ3n) is 5.21. The molecule has 1 aromatic rings. The van der Waals surface area contributed by atoms with E-state index in [9.17, 15) is 13.2 Å². The molecule has 2 heterocycles. The van der Waals surface area contributed by atoms with E-state index < -0.39 is 11.7 Å². The first-order valence-corrected chi connectivity index (χ1v) is 11.6. The number of aliphatic hydroxyl groups is 1. The van der Waals surface area contributed by atoms with Gasteiger partial charge in [0.25, 0.3) is 0 Å². The van der Waals surface area contributed by atoms with Crippen LogP contribution in [0.3, 0.4) is 0 Å². The van der Waals surface area contributed by atoms with Crippen LogP contribution in [-0.4, -0.2) is 57.4 Å². The molecule has 1 aromatic carbocycles. The van der Waals surface area contributed by atoms with Crippen molar-refractivity contribution in [3.05, 3.63) is 17.7 Å². The zero-order chi connectivity index (χ0) is 22.0. The van der Waals surface area contributed by atoms with Crippen LogP contribution in [-0.2, 0) is 10.9 Å². The summed E-state index contributed by atoms with van der Waals surface area (Å²) in [6.07, 6.45) is 2.57. The molecule has 30 heavy (non-hydrogen) atoms. The quantitative estimate of drug-likeness (QED) is 0.423. The third kappa shape index (κ3) is 8.17. The molecule has 0 amide bonds. The standard InChI is InChI=1S/C17H24F3NO2S.C4H9NO/c1-22-14-9-13(17(18,19)20)10-15(24-2)16(14)21-7-3-5-12-6-4-8-23-11-12;6-4-1-2-5-3-4/h9-10,12,21H,3-8,11H2,1-2H3;4-6H,1-3H2/t12-;/m1./s1. The van der Waals surface area contributed by atoms with Crippen molar-refractivity contribution in [2.45, 2.75) is 49.3 Å². The van der Waals surface area contributed by atoms with Gasteiger partial charge in [-0.3, -0.25) is 0 Å². The number of rotatable bonds is 7. The summed E-state index contributed by atoms with van der Waals surface area (Å²) in [6, 6.07) is 2.22. The molecule has 3 rings (SSSR count). The van der Waals surface area contributed by atoms with Gasteiger partial charge in [0.1, 0.15) is 5.75 Å². The van der Waals surface area contributed by atoms with Crippen molar-refractivity contribution in [3.63, 3.8) is 0 Å². The van der Waals surface area contributed by atoms with Crippen LogP contribution >= 0.6 is 11.8 Å². The molecular formula is C21H33F3N2O3S. The molecule has 2 saturated heterocycles. The average Bonchev–Trinajstić information content (AvgIpc) is 3.22. The molecule has 0 radical (unpaired) electrons. The van der Waals surface area contributed by atoms with E-state index in [0.717, 1.165) is 58.1 Å². The van der Waals surface area contributed by atoms with Crippen molar-refractivity contribution in [3.8, 4) is 5.75 Å². The van der Waals surface area contributed by atoms with Gasteiger partial charge < -0.3 is 25.2 Å². The lowest BCUT2D eigenvalue weighted by molar-refractivity contribution is -0.137. The van der Waals surface area contributed by atoms with E-state index in [-0.39, 0.29) is 11.9 Å². The summed E-state index contributed by atoms with van der Waals surface area (Å²) in [6.45, 7) is 4.15. The fourth-order valence-electron chi connectivity index (χ4n) is 3.53. The fraction of sp³-hybridized carbons (Fsp3) is 0.714. The minimum Gasteiger partial charge on any atom is -0.495 e. The Bertz CT molecular complexity index is 609. The molecule has 0 spiro atoms. The summed E-state index contributed by atoms with van der Waals surface area (Å²) in [4.78, 5) is 0.544. The number of hydrogen-bond acceptors (Lipinski definition) is 6. The Kier molecular flexibility index (Phi) is 10.6. The molecule has 5 nitrogen and oxygen atoms in total. The van der Waals surface area contributed by atoms with Crippen LogP contribution in [0.15, 0.2) is 17.0 Å². The van der Waals surface area contributed by atoms with Crippen LogP contribution in [0.2, 0.25) is 0 Å². The molecule has 2 aliphatic rings. The maximum absolute atomic E-state index is 13.0. The minimum atomic E-state index is -4.38. The van der Waals surface area contributed by atoms with E-state index in [1.54, 1.807) is 6.26 Å². The number of ether oxygens (including phenoxy) is 2. The van der Waals surface area contributed by atoms with Gasteiger partial charge in [-0.1, -0.05) is 0 Å². The lowest BCUT2D eigenvalue weighted by atomic mass is 9.97. The largest absolute Gasteiger partial charge is 0.495 e. The number of thioether (sulfide) groups is 1. The molecule has 9 heteroatoms. The van der Waals surface area contributed by atoms with Gasteiger partial charge in [0.05, 0.1) is 24.5 Å². The number of hydrogen-bond donors (Lipinski definition) is 3. The molecule has 2 atom stereocenters. The lowest BCUT2D eigenvalue weighted by Gasteiger charge is -2.22. The van der Waals surface area contributed by atoms with Crippen molar-refractivity contribution in [1.29, 1.82) is 0 Å². The van der Waals surface area contributed by atoms with Gasteiger partial charge in [-0.05, 0) is 63.0 Å². The van der Waals surface area contributed by atoms with E-state index in [4.69, 9.17) is 14.6 Å². The van der Waals surface area contributed by atoms with Gasteiger partial charge in [-0.2, -0.15) is 13.2 Å². The van der Waals surface area contributed by atoms with Crippen molar-refractivity contribution in [2.75, 3.05) is 51.5 Å². The van der Waals surface area contributed by atoms with Crippen LogP contribution in [0, 0.1) is 5.92 Å². The number of methoxy groups -OCH3 is 1. The Balaban J connectivity index is 0.000000456. The highest BCUT2D eigenvalue weighted by Crippen LogP contribution is 2.41. The van der Waals surface area contributed by atoms with Crippen molar-refractivity contribution < 1.29 is 27.8 Å². The van der Waals surface area contributed by atoms with Crippen LogP contribution in [0.1, 0.15) is 37.7 Å². The first kappa shape index (κ1) is 25.1. The number of nitrogens with one attached hydrogen (secondary N) is 2. The van der Waals surface area contributed by atoms with Crippen LogP contribution in [0.25, 0.3) is 0 Å². The van der Waals surface area contributed by atoms with Crippen LogP contribution in [0.4, 0.5) is 18.9 Å². The van der Waals surface area contributed by atoms with Crippen molar-refractivity contribution >= 4 is 17.4 Å². The molecule has 0 aromatic heterocycles. The van der Waals surface area contributed by atoms with Gasteiger partial charge in [0.2, 0.25) is 0 Å². The number of anilines is 1. The second-order valence-electron chi connectivity index (χ2n) is 7.55. The van der Waals surface area contributed by atoms with E-state index in [2.05, 4.69) is 10.6 Å². The Morgan fingerprint density at radius 1 is 1.33 bits per heavy atom. The molecule has 2 aliphatic heterocycles. The number of aliphatic hydroxyl groups excluding tert-OH is 1. The topological polar surface area (TPSA) is 62.8 Å². The zero-order valence-corrected chi connectivity index (χ0v) is 18.5. The minimum absolute atomic E-state index is 0.0648. The van der Waals surface area contributed by atoms with Gasteiger partial charge in [-0.15, -0.1) is 11.8 Å². The smallest absolute Gasteiger partial charge is 0.416 e. The summed E-state index contributed by atoms with van der Waals surface area (Å²) in [5.41, 5.74) is -0.0495. The van der Waals surface area contributed by atoms with E-state index in [1.807, 2.05) is 0 Å². The highest BCUT2D eigenvalue weighted by molar-refractivity contribution is 7.98. The average molecular weight is 451 g/mol. The second-order valence-corrected chi connectivity index (χ2v) is 8.40. The lowest BCUT2D eigenvalue weighted by Crippen LogP contribution is -2.18. The van der Waals surface area contributed by atoms with Crippen LogP contribution in [0.5, 0.6) is 5.75 Å². The number of alkyl halides is 3. The normalized spacial score (nSPS) is 21.7. The number of halogens is 3. The summed E-state index contributed by atoms with van der Waals surface area (Å²) in [7, 11) is 1.39. The first-order valence-electron chi connectivity index (χ1n) is 10.4. The van der Waals surface area contributed by atoms with E-state index >= 15 is 0 Å². The maximum Gasteiger partial charge on any atom is 0.416 e. The number of β-amino-alcohol motifs (C(OH)–C–C–N with tert-alkyl or cyclic N) is 1. The fourth-order valence-corrected chi connectivity index (χ4v) is 4.15. The van der Waals surface area contributed by atoms with Gasteiger partial charge in [-0.25, -0.2) is 0 Å². The van der Waals surface area contributed by atoms with Crippen molar-refractivity contribution in [1.82, 2.24) is 5.32 Å². The number of benzene rings is 1. The summed E-state index contributed by atoms with van der Waals surface area (Å²) in [5.74, 6) is 0.824. The molecular weight excluding hydrogens is 417 g/mol. The predicted octanol–water partition coefficient (Wildman–Crippen LogP) is 4.40. The Labute approximate surface area is 181 Å². The van der Waals surface area contributed by atoms with Gasteiger partial charge in [0.15, 0.2) is 0 Å². The monoisotopic (exact) mass is 450 g/mol. The summed E-state index contributed by atoms with van der Waals surface area (Å²) >= 11 is 1.28. The van der Waals surface area contributed by atoms with Gasteiger partial charge >= 0.3 is 6.18 Å². The van der Waals surface area contributed by atoms with E-state index in [1.165, 1.54) is 31.4 Å². The Morgan fingerprint density at radius 3 is 2.63 bits per heavy atom. The summed E-state index contributed by atoms with van der Waals surface area (Å²) < 4.78 is 49.5. The first-order chi connectivity index (χ1) is 14.3. The van der Waals surface area contributed by atoms with Gasteiger partial charge in [0, 0.05) is 31.2 Å². The Morgan fingerprint density at radius 2 is 2.13 bits per heavy atom. The molecule has 172 valence electrons. The molecule has 0 saturated carbocycles. The zero-order valence-electron chi connectivity index (χ0n) is 17.7. The third-order valence-corrected chi connectivity index (χ3v) is 5.97. The molecule has 3 N–H and O–H groups in total. The molecule has 1 unspecified atom stereocenters. The van der Waals surface area contributed by atoms with Crippen LogP contribution < -0.4 is 15.4 Å². The Hall–Kier alpha value is -1.16. The maximum atomic E-state index is 13.0. The molecule has 0 bridgehead atoms. The highest BCUT2D eigenvalue weighted by atomic mass is 32.2. The highest BCUT2D eigenvalue weighted by Gasteiger charge is 2.32. The van der Waals surface area contributed by atoms with Crippen molar-refractivity contribution in [2.24, 2.45) is 5.92 Å². The molecule has 0 aliphatic carbocycles. The predicted molar refractivity (Wildman–Crippen MR) is 115 cm³/mol. The van der Waals surface area contributed by atoms with E-state index in [0.29, 0.717) is 23.0 Å². The summed E-state index contributed by atoms with van der Waals surface area (Å²) in [5, 5.41) is 14.9.